The maximum absolute atomic E-state index is 12.8. The zero-order chi connectivity index (χ0) is 42.6. The maximum atomic E-state index is 12.8. The summed E-state index contributed by atoms with van der Waals surface area (Å²) >= 11 is 0. The molecule has 8 nitrogen and oxygen atoms in total. The van der Waals surface area contributed by atoms with Crippen LogP contribution in [0.4, 0.5) is 0 Å². The molecule has 0 aliphatic carbocycles. The fourth-order valence-corrected chi connectivity index (χ4v) is 7.76. The zero-order valence-corrected chi connectivity index (χ0v) is 39.0. The summed E-state index contributed by atoms with van der Waals surface area (Å²) in [5.41, 5.74) is 0. The molecule has 0 rings (SSSR count). The number of hydrogen-bond donors (Lipinski definition) is 0. The molecule has 0 bridgehead atoms. The predicted molar refractivity (Wildman–Crippen MR) is 244 cm³/mol. The molecule has 1 amide bonds. The highest BCUT2D eigenvalue weighted by Crippen LogP contribution is 2.19. The Morgan fingerprint density at radius 2 is 0.879 bits per heavy atom. The van der Waals surface area contributed by atoms with Gasteiger partial charge in [0.2, 0.25) is 5.91 Å². The van der Waals surface area contributed by atoms with Crippen molar-refractivity contribution < 1.29 is 28.7 Å². The summed E-state index contributed by atoms with van der Waals surface area (Å²) in [6, 6.07) is 0. The van der Waals surface area contributed by atoms with Gasteiger partial charge in [0, 0.05) is 39.3 Å². The normalized spacial score (nSPS) is 11.4. The highest BCUT2D eigenvalue weighted by Gasteiger charge is 2.15. The Kier molecular flexibility index (Phi) is 43.1. The van der Waals surface area contributed by atoms with Gasteiger partial charge >= 0.3 is 11.9 Å². The summed E-state index contributed by atoms with van der Waals surface area (Å²) in [6.45, 7) is 11.1. The smallest absolute Gasteiger partial charge is 0.306 e. The van der Waals surface area contributed by atoms with E-state index in [9.17, 15) is 19.2 Å². The van der Waals surface area contributed by atoms with E-state index in [1.165, 1.54) is 109 Å². The molecule has 58 heavy (non-hydrogen) atoms. The third-order valence-corrected chi connectivity index (χ3v) is 11.6. The second kappa shape index (κ2) is 44.6. The van der Waals surface area contributed by atoms with Crippen LogP contribution in [0, 0.1) is 0 Å². The second-order valence-corrected chi connectivity index (χ2v) is 17.3. The third kappa shape index (κ3) is 39.5. The molecule has 0 aromatic rings. The second-order valence-electron chi connectivity index (χ2n) is 17.3. The van der Waals surface area contributed by atoms with Gasteiger partial charge in [0.1, 0.15) is 12.4 Å². The molecule has 0 fully saturated rings. The summed E-state index contributed by atoms with van der Waals surface area (Å²) in [7, 11) is 1.84. The lowest BCUT2D eigenvalue weighted by molar-refractivity contribution is -0.150. The number of rotatable bonds is 46. The average Bonchev–Trinajstić information content (AvgIpc) is 3.22. The van der Waals surface area contributed by atoms with Gasteiger partial charge in [-0.15, -0.1) is 0 Å². The van der Waals surface area contributed by atoms with Crippen LogP contribution in [-0.2, 0) is 28.7 Å². The highest BCUT2D eigenvalue weighted by atomic mass is 16.5. The van der Waals surface area contributed by atoms with Crippen molar-refractivity contribution in [3.05, 3.63) is 0 Å². The van der Waals surface area contributed by atoms with E-state index in [2.05, 4.69) is 25.7 Å². The fourth-order valence-electron chi connectivity index (χ4n) is 7.76. The Hall–Kier alpha value is -1.96. The summed E-state index contributed by atoms with van der Waals surface area (Å²) < 4.78 is 11.5. The molecule has 0 radical (unpaired) electrons. The molecule has 342 valence electrons. The van der Waals surface area contributed by atoms with Crippen LogP contribution in [0.5, 0.6) is 0 Å². The number of carbonyl (C=O) groups excluding carboxylic acids is 4. The first-order valence-electron chi connectivity index (χ1n) is 25.1. The van der Waals surface area contributed by atoms with Crippen LogP contribution < -0.4 is 0 Å². The van der Waals surface area contributed by atoms with Crippen molar-refractivity contribution in [2.24, 2.45) is 0 Å². The molecule has 0 atom stereocenters. The van der Waals surface area contributed by atoms with Crippen molar-refractivity contribution in [2.45, 2.75) is 258 Å². The van der Waals surface area contributed by atoms with E-state index in [4.69, 9.17) is 9.47 Å². The van der Waals surface area contributed by atoms with Crippen molar-refractivity contribution in [3.63, 3.8) is 0 Å². The van der Waals surface area contributed by atoms with Crippen molar-refractivity contribution in [1.82, 2.24) is 9.80 Å². The Bertz CT molecular complexity index is 914. The topological polar surface area (TPSA) is 93.2 Å². The summed E-state index contributed by atoms with van der Waals surface area (Å²) in [5.74, 6) is -0.00484. The van der Waals surface area contributed by atoms with E-state index in [1.807, 2.05) is 7.05 Å². The van der Waals surface area contributed by atoms with Crippen molar-refractivity contribution >= 4 is 24.1 Å². The Morgan fingerprint density at radius 3 is 1.38 bits per heavy atom. The minimum absolute atomic E-state index is 0.00138. The van der Waals surface area contributed by atoms with Gasteiger partial charge in [-0.2, -0.15) is 0 Å². The van der Waals surface area contributed by atoms with Gasteiger partial charge in [-0.05, 0) is 83.8 Å². The first-order chi connectivity index (χ1) is 28.4. The number of ether oxygens (including phenoxy) is 2. The molecule has 0 saturated heterocycles. The van der Waals surface area contributed by atoms with E-state index >= 15 is 0 Å². The Balaban J connectivity index is 4.48. The zero-order valence-electron chi connectivity index (χ0n) is 39.0. The first kappa shape index (κ1) is 56.0. The molecule has 0 aliphatic rings. The molecule has 0 spiro atoms. The van der Waals surface area contributed by atoms with Crippen LogP contribution in [0.1, 0.15) is 252 Å². The van der Waals surface area contributed by atoms with Gasteiger partial charge in [-0.3, -0.25) is 14.4 Å². The van der Waals surface area contributed by atoms with Gasteiger partial charge in [0.15, 0.2) is 0 Å². The maximum Gasteiger partial charge on any atom is 0.306 e. The minimum atomic E-state index is -0.0436. The summed E-state index contributed by atoms with van der Waals surface area (Å²) in [4.78, 5) is 52.3. The van der Waals surface area contributed by atoms with Crippen LogP contribution >= 0.6 is 0 Å². The van der Waals surface area contributed by atoms with Gasteiger partial charge in [-0.25, -0.2) is 0 Å². The number of carbonyl (C=O) groups is 4. The standard InChI is InChI=1S/C50H96N2O6/c1-5-8-11-14-17-26-33-46-57-49(55)39-29-22-18-24-31-42-52(44-35-41-51(4)48(54)38-34-45-53)43-32-25-19-23-30-40-50(56)58-47(36-27-20-15-12-9-6-2)37-28-21-16-13-10-7-3/h45,47H,5-44,46H2,1-4H3. The molecular formula is C50H96N2O6. The average molecular weight is 821 g/mol. The third-order valence-electron chi connectivity index (χ3n) is 11.6. The fraction of sp³-hybridized carbons (Fsp3) is 0.920. The summed E-state index contributed by atoms with van der Waals surface area (Å²) in [6.07, 6.45) is 40.1. The molecule has 0 N–H and O–H groups in total. The predicted octanol–water partition coefficient (Wildman–Crippen LogP) is 13.5. The number of nitrogens with zero attached hydrogens (tertiary/aromatic N) is 2. The lowest BCUT2D eigenvalue weighted by Gasteiger charge is -2.24. The van der Waals surface area contributed by atoms with Crippen LogP contribution in [0.2, 0.25) is 0 Å². The lowest BCUT2D eigenvalue weighted by Crippen LogP contribution is -2.32. The number of esters is 2. The number of unbranched alkanes of at least 4 members (excludes halogenated alkanes) is 24. The minimum Gasteiger partial charge on any atom is -0.466 e. The van der Waals surface area contributed by atoms with E-state index in [0.29, 0.717) is 26.0 Å². The van der Waals surface area contributed by atoms with Crippen molar-refractivity contribution in [1.29, 1.82) is 0 Å². The van der Waals surface area contributed by atoms with Crippen LogP contribution in [0.3, 0.4) is 0 Å². The van der Waals surface area contributed by atoms with Gasteiger partial charge in [0.05, 0.1) is 6.61 Å². The van der Waals surface area contributed by atoms with Crippen LogP contribution in [0.15, 0.2) is 0 Å². The van der Waals surface area contributed by atoms with Crippen LogP contribution in [-0.4, -0.2) is 79.9 Å². The summed E-state index contributed by atoms with van der Waals surface area (Å²) in [5, 5.41) is 0. The number of hydrogen-bond acceptors (Lipinski definition) is 7. The largest absolute Gasteiger partial charge is 0.466 e. The van der Waals surface area contributed by atoms with Gasteiger partial charge in [0.25, 0.3) is 0 Å². The molecule has 0 saturated carbocycles. The Labute approximate surface area is 359 Å². The first-order valence-corrected chi connectivity index (χ1v) is 25.1. The number of aldehydes is 1. The SMILES string of the molecule is CCCCCCCCCOC(=O)CCCCCCCN(CCCCCCCC(=O)OC(CCCCCCCC)CCCCCCCC)CCCN(C)C(=O)CCC=O. The molecular weight excluding hydrogens is 725 g/mol. The molecule has 0 heterocycles. The van der Waals surface area contributed by atoms with Crippen molar-refractivity contribution in [3.8, 4) is 0 Å². The monoisotopic (exact) mass is 821 g/mol. The Morgan fingerprint density at radius 1 is 0.466 bits per heavy atom. The van der Waals surface area contributed by atoms with E-state index in [1.54, 1.807) is 4.90 Å². The molecule has 0 aromatic heterocycles. The molecule has 0 aromatic carbocycles. The van der Waals surface area contributed by atoms with E-state index < -0.39 is 0 Å². The van der Waals surface area contributed by atoms with Crippen LogP contribution in [0.25, 0.3) is 0 Å². The van der Waals surface area contributed by atoms with Gasteiger partial charge < -0.3 is 24.1 Å². The van der Waals surface area contributed by atoms with Gasteiger partial charge in [-0.1, -0.05) is 162 Å². The molecule has 0 aliphatic heterocycles. The van der Waals surface area contributed by atoms with Crippen molar-refractivity contribution in [2.75, 3.05) is 39.8 Å². The van der Waals surface area contributed by atoms with E-state index in [-0.39, 0.29) is 36.8 Å². The lowest BCUT2D eigenvalue weighted by atomic mass is 10.0. The van der Waals surface area contributed by atoms with E-state index in [0.717, 1.165) is 122 Å². The molecule has 8 heteroatoms. The quantitative estimate of drug-likeness (QED) is 0.0343. The molecule has 0 unspecified atom stereocenters. The number of amides is 1. The highest BCUT2D eigenvalue weighted by molar-refractivity contribution is 5.78.